The van der Waals surface area contributed by atoms with E-state index in [1.807, 2.05) is 24.4 Å². The molecule has 96 valence electrons. The van der Waals surface area contributed by atoms with Crippen LogP contribution in [-0.4, -0.2) is 15.0 Å². The van der Waals surface area contributed by atoms with E-state index in [1.54, 1.807) is 0 Å². The van der Waals surface area contributed by atoms with Crippen LogP contribution in [0, 0.1) is 6.92 Å². The van der Waals surface area contributed by atoms with Gasteiger partial charge in [0, 0.05) is 17.1 Å². The molecule has 0 bridgehead atoms. The van der Waals surface area contributed by atoms with Gasteiger partial charge in [-0.15, -0.1) is 0 Å². The maximum atomic E-state index is 4.68. The Labute approximate surface area is 116 Å². The van der Waals surface area contributed by atoms with E-state index in [4.69, 9.17) is 0 Å². The number of rotatable bonds is 1. The lowest BCUT2D eigenvalue weighted by Gasteiger charge is -2.01. The van der Waals surface area contributed by atoms with Gasteiger partial charge in [0.15, 0.2) is 0 Å². The average Bonchev–Trinajstić information content (AvgIpc) is 2.89. The normalized spacial score (nSPS) is 11.2. The first kappa shape index (κ1) is 11.2. The van der Waals surface area contributed by atoms with Crippen LogP contribution in [0.25, 0.3) is 33.3 Å². The maximum absolute atomic E-state index is 4.68. The molecule has 2 heterocycles. The zero-order valence-electron chi connectivity index (χ0n) is 11.1. The fourth-order valence-electron chi connectivity index (χ4n) is 2.55. The Balaban J connectivity index is 2.01. The van der Waals surface area contributed by atoms with Crippen molar-refractivity contribution in [2.24, 2.45) is 0 Å². The van der Waals surface area contributed by atoms with Crippen molar-refractivity contribution in [2.45, 2.75) is 6.92 Å². The molecule has 20 heavy (non-hydrogen) atoms. The number of aromatic amines is 1. The van der Waals surface area contributed by atoms with Gasteiger partial charge in [0.25, 0.3) is 0 Å². The van der Waals surface area contributed by atoms with Crippen LogP contribution in [0.3, 0.4) is 0 Å². The highest BCUT2D eigenvalue weighted by Gasteiger charge is 2.09. The van der Waals surface area contributed by atoms with Gasteiger partial charge in [0.2, 0.25) is 0 Å². The molecule has 2 aromatic heterocycles. The van der Waals surface area contributed by atoms with Gasteiger partial charge < -0.3 is 4.98 Å². The number of benzene rings is 2. The fraction of sp³-hybridized carbons (Fsp3) is 0.0588. The highest BCUT2D eigenvalue weighted by molar-refractivity contribution is 5.93. The largest absolute Gasteiger partial charge is 0.338 e. The van der Waals surface area contributed by atoms with Crippen molar-refractivity contribution >= 4 is 21.9 Å². The Morgan fingerprint density at radius 1 is 1.00 bits per heavy atom. The molecule has 0 aliphatic rings. The Hall–Kier alpha value is -2.68. The predicted molar refractivity (Wildman–Crippen MR) is 81.6 cm³/mol. The Morgan fingerprint density at radius 3 is 2.85 bits per heavy atom. The van der Waals surface area contributed by atoms with Crippen molar-refractivity contribution in [3.63, 3.8) is 0 Å². The SMILES string of the molecule is Cc1ccc2nc(-c3cccc4cccnc34)[nH]c2c1. The third-order valence-corrected chi connectivity index (χ3v) is 3.53. The lowest BCUT2D eigenvalue weighted by molar-refractivity contribution is 1.32. The lowest BCUT2D eigenvalue weighted by atomic mass is 10.1. The van der Waals surface area contributed by atoms with Crippen molar-refractivity contribution in [3.05, 3.63) is 60.3 Å². The van der Waals surface area contributed by atoms with Gasteiger partial charge in [0.1, 0.15) is 5.82 Å². The molecule has 0 radical (unpaired) electrons. The van der Waals surface area contributed by atoms with Gasteiger partial charge >= 0.3 is 0 Å². The summed E-state index contributed by atoms with van der Waals surface area (Å²) in [5.41, 5.74) is 5.29. The summed E-state index contributed by atoms with van der Waals surface area (Å²) >= 11 is 0. The van der Waals surface area contributed by atoms with Gasteiger partial charge in [-0.1, -0.05) is 24.3 Å². The number of H-pyrrole nitrogens is 1. The van der Waals surface area contributed by atoms with Gasteiger partial charge in [-0.05, 0) is 36.8 Å². The summed E-state index contributed by atoms with van der Waals surface area (Å²) in [6.45, 7) is 2.08. The standard InChI is InChI=1S/C17H13N3/c1-11-7-8-14-15(10-11)20-17(19-14)13-6-2-4-12-5-3-9-18-16(12)13/h2-10H,1H3,(H,19,20). The van der Waals surface area contributed by atoms with Crippen molar-refractivity contribution in [2.75, 3.05) is 0 Å². The molecular weight excluding hydrogens is 246 g/mol. The summed E-state index contributed by atoms with van der Waals surface area (Å²) in [7, 11) is 0. The molecule has 0 spiro atoms. The average molecular weight is 259 g/mol. The first-order valence-electron chi connectivity index (χ1n) is 6.62. The molecule has 3 heteroatoms. The molecule has 4 aromatic rings. The molecule has 0 fully saturated rings. The molecule has 3 nitrogen and oxygen atoms in total. The highest BCUT2D eigenvalue weighted by atomic mass is 14.9. The zero-order chi connectivity index (χ0) is 13.5. The van der Waals surface area contributed by atoms with Crippen molar-refractivity contribution < 1.29 is 0 Å². The Bertz CT molecular complexity index is 916. The second-order valence-corrected chi connectivity index (χ2v) is 4.99. The molecule has 0 saturated carbocycles. The second-order valence-electron chi connectivity index (χ2n) is 4.99. The topological polar surface area (TPSA) is 41.6 Å². The molecule has 0 saturated heterocycles. The summed E-state index contributed by atoms with van der Waals surface area (Å²) in [5.74, 6) is 0.870. The minimum atomic E-state index is 0.870. The number of imidazole rings is 1. The number of pyridine rings is 1. The van der Waals surface area contributed by atoms with Crippen LogP contribution in [0.5, 0.6) is 0 Å². The van der Waals surface area contributed by atoms with Crippen molar-refractivity contribution in [1.82, 2.24) is 15.0 Å². The molecule has 0 aliphatic heterocycles. The first-order valence-corrected chi connectivity index (χ1v) is 6.62. The first-order chi connectivity index (χ1) is 9.81. The highest BCUT2D eigenvalue weighted by Crippen LogP contribution is 2.26. The second kappa shape index (κ2) is 4.17. The minimum absolute atomic E-state index is 0.870. The molecule has 0 amide bonds. The summed E-state index contributed by atoms with van der Waals surface area (Å²) in [5, 5.41) is 1.13. The zero-order valence-corrected chi connectivity index (χ0v) is 11.1. The van der Waals surface area contributed by atoms with Crippen molar-refractivity contribution in [1.29, 1.82) is 0 Å². The molecule has 0 atom stereocenters. The Morgan fingerprint density at radius 2 is 1.90 bits per heavy atom. The molecule has 0 aliphatic carbocycles. The molecule has 2 aromatic carbocycles. The minimum Gasteiger partial charge on any atom is -0.338 e. The number of nitrogens with zero attached hydrogens (tertiary/aromatic N) is 2. The van der Waals surface area contributed by atoms with Crippen LogP contribution in [0.15, 0.2) is 54.7 Å². The van der Waals surface area contributed by atoms with E-state index in [-0.39, 0.29) is 0 Å². The summed E-state index contributed by atoms with van der Waals surface area (Å²) in [6, 6.07) is 16.4. The van der Waals surface area contributed by atoms with E-state index in [0.29, 0.717) is 0 Å². The molecule has 0 unspecified atom stereocenters. The van der Waals surface area contributed by atoms with Crippen molar-refractivity contribution in [3.8, 4) is 11.4 Å². The molecular formula is C17H13N3. The number of aryl methyl sites for hydroxylation is 1. The van der Waals surface area contributed by atoms with Crippen LogP contribution >= 0.6 is 0 Å². The van der Waals surface area contributed by atoms with E-state index in [0.717, 1.165) is 33.3 Å². The molecule has 1 N–H and O–H groups in total. The van der Waals surface area contributed by atoms with E-state index in [2.05, 4.69) is 52.2 Å². The monoisotopic (exact) mass is 259 g/mol. The Kier molecular flexibility index (Phi) is 2.33. The van der Waals surface area contributed by atoms with Crippen LogP contribution in [0.2, 0.25) is 0 Å². The summed E-state index contributed by atoms with van der Waals surface area (Å²) in [4.78, 5) is 12.6. The third kappa shape index (κ3) is 1.67. The number of para-hydroxylation sites is 1. The van der Waals surface area contributed by atoms with Crippen LogP contribution < -0.4 is 0 Å². The van der Waals surface area contributed by atoms with Crippen LogP contribution in [0.1, 0.15) is 5.56 Å². The van der Waals surface area contributed by atoms with E-state index in [9.17, 15) is 0 Å². The van der Waals surface area contributed by atoms with E-state index < -0.39 is 0 Å². The lowest BCUT2D eigenvalue weighted by Crippen LogP contribution is -1.85. The number of aromatic nitrogens is 3. The third-order valence-electron chi connectivity index (χ3n) is 3.53. The van der Waals surface area contributed by atoms with Crippen LogP contribution in [0.4, 0.5) is 0 Å². The predicted octanol–water partition coefficient (Wildman–Crippen LogP) is 4.09. The van der Waals surface area contributed by atoms with Gasteiger partial charge in [-0.25, -0.2) is 4.98 Å². The van der Waals surface area contributed by atoms with Gasteiger partial charge in [0.05, 0.1) is 16.6 Å². The van der Waals surface area contributed by atoms with E-state index >= 15 is 0 Å². The quantitative estimate of drug-likeness (QED) is 0.559. The summed E-state index contributed by atoms with van der Waals surface area (Å²) < 4.78 is 0. The number of hydrogen-bond donors (Lipinski definition) is 1. The van der Waals surface area contributed by atoms with Crippen LogP contribution in [-0.2, 0) is 0 Å². The molecule has 4 rings (SSSR count). The summed E-state index contributed by atoms with van der Waals surface area (Å²) in [6.07, 6.45) is 1.82. The maximum Gasteiger partial charge on any atom is 0.140 e. The van der Waals surface area contributed by atoms with Gasteiger partial charge in [-0.2, -0.15) is 0 Å². The number of fused-ring (bicyclic) bond motifs is 2. The fourth-order valence-corrected chi connectivity index (χ4v) is 2.55. The number of hydrogen-bond acceptors (Lipinski definition) is 2. The smallest absolute Gasteiger partial charge is 0.140 e. The van der Waals surface area contributed by atoms with Gasteiger partial charge in [-0.3, -0.25) is 4.98 Å². The van der Waals surface area contributed by atoms with E-state index in [1.165, 1.54) is 5.56 Å². The number of nitrogens with one attached hydrogen (secondary N) is 1.